The van der Waals surface area contributed by atoms with E-state index >= 15 is 0 Å². The minimum Gasteiger partial charge on any atom is -0.481 e. The minimum atomic E-state index is -0.668. The Morgan fingerprint density at radius 3 is 2.65 bits per heavy atom. The summed E-state index contributed by atoms with van der Waals surface area (Å²) in [5, 5.41) is 8.52. The van der Waals surface area contributed by atoms with E-state index in [1.807, 2.05) is 0 Å². The van der Waals surface area contributed by atoms with Gasteiger partial charge in [0.1, 0.15) is 0 Å². The second-order valence-corrected chi connectivity index (χ2v) is 5.98. The van der Waals surface area contributed by atoms with Gasteiger partial charge in [0.2, 0.25) is 0 Å². The number of hydrogen-bond donors (Lipinski definition) is 1. The van der Waals surface area contributed by atoms with E-state index in [2.05, 4.69) is 25.2 Å². The van der Waals surface area contributed by atoms with E-state index in [1.165, 1.54) is 38.5 Å². The van der Waals surface area contributed by atoms with Crippen LogP contribution in [-0.4, -0.2) is 11.1 Å². The first kappa shape index (κ1) is 17.0. The van der Waals surface area contributed by atoms with Crippen LogP contribution in [0.4, 0.5) is 0 Å². The molecular formula is C18H30O2. The summed E-state index contributed by atoms with van der Waals surface area (Å²) >= 11 is 0. The van der Waals surface area contributed by atoms with Crippen LogP contribution in [0.1, 0.15) is 77.6 Å². The number of allylic oxidation sites excluding steroid dienone is 4. The van der Waals surface area contributed by atoms with Crippen molar-refractivity contribution >= 4 is 5.97 Å². The summed E-state index contributed by atoms with van der Waals surface area (Å²) in [6.07, 6.45) is 19.2. The molecule has 1 unspecified atom stereocenters. The Morgan fingerprint density at radius 2 is 1.95 bits per heavy atom. The lowest BCUT2D eigenvalue weighted by Crippen LogP contribution is -1.93. The van der Waals surface area contributed by atoms with Gasteiger partial charge in [-0.1, -0.05) is 50.0 Å². The third-order valence-corrected chi connectivity index (χ3v) is 4.18. The summed E-state index contributed by atoms with van der Waals surface area (Å²) in [7, 11) is 0. The van der Waals surface area contributed by atoms with Crippen LogP contribution >= 0.6 is 0 Å². The van der Waals surface area contributed by atoms with Crippen LogP contribution in [-0.2, 0) is 4.79 Å². The molecule has 1 atom stereocenters. The molecule has 20 heavy (non-hydrogen) atoms. The second kappa shape index (κ2) is 10.7. The van der Waals surface area contributed by atoms with Crippen molar-refractivity contribution < 1.29 is 9.90 Å². The first-order valence-corrected chi connectivity index (χ1v) is 8.26. The molecule has 0 bridgehead atoms. The van der Waals surface area contributed by atoms with Gasteiger partial charge in [-0.3, -0.25) is 4.79 Å². The molecule has 0 aliphatic heterocycles. The molecule has 1 N–H and O–H groups in total. The Balaban J connectivity index is 1.91. The standard InChI is InChI=1S/C18H30O2/c1-16-12-11-14-17(16)13-9-7-5-3-2-4-6-8-10-15-18(19)20/h5,7,13,16H,2-4,6,8-12,14-15H2,1H3,(H,19,20)/b7-5+,17-13?. The lowest BCUT2D eigenvalue weighted by Gasteiger charge is -2.02. The molecule has 1 aliphatic rings. The fraction of sp³-hybridized carbons (Fsp3) is 0.722. The fourth-order valence-corrected chi connectivity index (χ4v) is 2.85. The van der Waals surface area contributed by atoms with Gasteiger partial charge in [-0.05, 0) is 50.9 Å². The number of unbranched alkanes of at least 4 members (excludes halogenated alkanes) is 5. The van der Waals surface area contributed by atoms with Crippen LogP contribution in [0.25, 0.3) is 0 Å². The van der Waals surface area contributed by atoms with Gasteiger partial charge >= 0.3 is 5.97 Å². The highest BCUT2D eigenvalue weighted by molar-refractivity contribution is 5.66. The highest BCUT2D eigenvalue weighted by Crippen LogP contribution is 2.30. The highest BCUT2D eigenvalue weighted by atomic mass is 16.4. The van der Waals surface area contributed by atoms with E-state index in [9.17, 15) is 4.79 Å². The molecule has 0 saturated heterocycles. The Kier molecular flexibility index (Phi) is 9.10. The molecule has 0 aromatic rings. The van der Waals surface area contributed by atoms with E-state index < -0.39 is 5.97 Å². The molecule has 0 spiro atoms. The van der Waals surface area contributed by atoms with Gasteiger partial charge in [-0.2, -0.15) is 0 Å². The van der Waals surface area contributed by atoms with Gasteiger partial charge in [0.15, 0.2) is 0 Å². The fourth-order valence-electron chi connectivity index (χ4n) is 2.85. The lowest BCUT2D eigenvalue weighted by atomic mass is 10.0. The summed E-state index contributed by atoms with van der Waals surface area (Å²) in [6, 6.07) is 0. The second-order valence-electron chi connectivity index (χ2n) is 5.98. The topological polar surface area (TPSA) is 37.3 Å². The number of carboxylic acids is 1. The number of aliphatic carboxylic acids is 1. The average molecular weight is 278 g/mol. The van der Waals surface area contributed by atoms with Crippen molar-refractivity contribution in [1.82, 2.24) is 0 Å². The average Bonchev–Trinajstić information content (AvgIpc) is 2.81. The lowest BCUT2D eigenvalue weighted by molar-refractivity contribution is -0.137. The number of rotatable bonds is 10. The van der Waals surface area contributed by atoms with Crippen molar-refractivity contribution in [1.29, 1.82) is 0 Å². The van der Waals surface area contributed by atoms with Gasteiger partial charge in [0.05, 0.1) is 0 Å². The Bertz CT molecular complexity index is 328. The van der Waals surface area contributed by atoms with Crippen LogP contribution in [0.3, 0.4) is 0 Å². The summed E-state index contributed by atoms with van der Waals surface area (Å²) in [6.45, 7) is 2.34. The maximum Gasteiger partial charge on any atom is 0.303 e. The quantitative estimate of drug-likeness (QED) is 0.423. The first-order chi connectivity index (χ1) is 9.70. The van der Waals surface area contributed by atoms with Crippen LogP contribution in [0, 0.1) is 5.92 Å². The Labute approximate surface area is 124 Å². The molecule has 1 aliphatic carbocycles. The van der Waals surface area contributed by atoms with Gasteiger partial charge < -0.3 is 5.11 Å². The first-order valence-electron chi connectivity index (χ1n) is 8.26. The van der Waals surface area contributed by atoms with Crippen molar-refractivity contribution in [2.24, 2.45) is 5.92 Å². The zero-order valence-electron chi connectivity index (χ0n) is 12.9. The van der Waals surface area contributed by atoms with Crippen molar-refractivity contribution in [3.8, 4) is 0 Å². The predicted octanol–water partition coefficient (Wildman–Crippen LogP) is 5.49. The van der Waals surface area contributed by atoms with Crippen molar-refractivity contribution in [2.45, 2.75) is 77.6 Å². The number of hydrogen-bond acceptors (Lipinski definition) is 1. The zero-order chi connectivity index (χ0) is 14.6. The Morgan fingerprint density at radius 1 is 1.20 bits per heavy atom. The predicted molar refractivity (Wildman–Crippen MR) is 84.8 cm³/mol. The third-order valence-electron chi connectivity index (χ3n) is 4.18. The highest BCUT2D eigenvalue weighted by Gasteiger charge is 2.14. The number of carbonyl (C=O) groups is 1. The normalized spacial score (nSPS) is 21.1. The number of carboxylic acid groups (broad SMARTS) is 1. The maximum atomic E-state index is 10.3. The summed E-state index contributed by atoms with van der Waals surface area (Å²) in [5.74, 6) is 0.146. The van der Waals surface area contributed by atoms with E-state index in [0.29, 0.717) is 6.42 Å². The van der Waals surface area contributed by atoms with Crippen molar-refractivity contribution in [3.05, 3.63) is 23.8 Å². The van der Waals surface area contributed by atoms with E-state index in [4.69, 9.17) is 5.11 Å². The largest absolute Gasteiger partial charge is 0.481 e. The van der Waals surface area contributed by atoms with Gasteiger partial charge in [-0.15, -0.1) is 0 Å². The van der Waals surface area contributed by atoms with Crippen molar-refractivity contribution in [3.63, 3.8) is 0 Å². The third kappa shape index (κ3) is 8.19. The molecule has 114 valence electrons. The smallest absolute Gasteiger partial charge is 0.303 e. The van der Waals surface area contributed by atoms with Gasteiger partial charge in [0.25, 0.3) is 0 Å². The van der Waals surface area contributed by atoms with E-state index in [-0.39, 0.29) is 0 Å². The monoisotopic (exact) mass is 278 g/mol. The summed E-state index contributed by atoms with van der Waals surface area (Å²) < 4.78 is 0. The molecule has 2 heteroatoms. The van der Waals surface area contributed by atoms with Gasteiger partial charge in [0, 0.05) is 6.42 Å². The molecular weight excluding hydrogens is 248 g/mol. The molecule has 1 fully saturated rings. The molecule has 0 radical (unpaired) electrons. The van der Waals surface area contributed by atoms with Crippen LogP contribution in [0.5, 0.6) is 0 Å². The molecule has 2 nitrogen and oxygen atoms in total. The molecule has 0 amide bonds. The van der Waals surface area contributed by atoms with E-state index in [1.54, 1.807) is 5.57 Å². The van der Waals surface area contributed by atoms with Crippen LogP contribution in [0.15, 0.2) is 23.8 Å². The summed E-state index contributed by atoms with van der Waals surface area (Å²) in [5.41, 5.74) is 1.66. The maximum absolute atomic E-state index is 10.3. The zero-order valence-corrected chi connectivity index (χ0v) is 12.9. The van der Waals surface area contributed by atoms with E-state index in [0.717, 1.165) is 31.6 Å². The van der Waals surface area contributed by atoms with Crippen molar-refractivity contribution in [2.75, 3.05) is 0 Å². The van der Waals surface area contributed by atoms with Crippen LogP contribution < -0.4 is 0 Å². The molecule has 1 saturated carbocycles. The minimum absolute atomic E-state index is 0.326. The molecule has 0 aromatic carbocycles. The van der Waals surface area contributed by atoms with Gasteiger partial charge in [-0.25, -0.2) is 0 Å². The molecule has 1 rings (SSSR count). The molecule has 0 heterocycles. The van der Waals surface area contributed by atoms with Crippen LogP contribution in [0.2, 0.25) is 0 Å². The summed E-state index contributed by atoms with van der Waals surface area (Å²) in [4.78, 5) is 10.3. The Hall–Kier alpha value is -1.05. The SMILES string of the molecule is CC1CCCC1=CC/C=C/CCCCCCCC(=O)O. The molecule has 0 aromatic heterocycles.